The average Bonchev–Trinajstić information content (AvgIpc) is 3.17. The number of rotatable bonds is 4. The molecule has 0 aliphatic carbocycles. The van der Waals surface area contributed by atoms with Gasteiger partial charge in [-0.3, -0.25) is 4.79 Å². The maximum atomic E-state index is 13.5. The largest absolute Gasteiger partial charge is 0.394 e. The van der Waals surface area contributed by atoms with Crippen molar-refractivity contribution in [3.63, 3.8) is 0 Å². The van der Waals surface area contributed by atoms with Crippen molar-refractivity contribution in [2.75, 3.05) is 13.7 Å². The Labute approximate surface area is 160 Å². The van der Waals surface area contributed by atoms with Crippen LogP contribution in [0.2, 0.25) is 0 Å². The molecule has 3 unspecified atom stereocenters. The Morgan fingerprint density at radius 2 is 2.18 bits per heavy atom. The molecule has 5 atom stereocenters. The normalized spacial score (nSPS) is 27.2. The zero-order valence-corrected chi connectivity index (χ0v) is 14.9. The van der Waals surface area contributed by atoms with Crippen LogP contribution in [-0.2, 0) is 9.53 Å². The summed E-state index contributed by atoms with van der Waals surface area (Å²) in [6, 6.07) is 4.60. The molecule has 1 fully saturated rings. The van der Waals surface area contributed by atoms with Crippen molar-refractivity contribution in [2.24, 2.45) is 0 Å². The number of terminal acetylenes is 1. The van der Waals surface area contributed by atoms with Crippen LogP contribution in [0.4, 0.5) is 4.39 Å². The third-order valence-electron chi connectivity index (χ3n) is 4.63. The lowest BCUT2D eigenvalue weighted by Crippen LogP contribution is -2.61. The van der Waals surface area contributed by atoms with Crippen LogP contribution in [0.15, 0.2) is 30.5 Å². The SMILES string of the molecule is C#CC(=O)N(C)[C@@H]1OC(CO)[C@H](O)C(n2cc(-c3cccc(F)c3)nn2)C1O. The van der Waals surface area contributed by atoms with Crippen molar-refractivity contribution in [1.29, 1.82) is 0 Å². The van der Waals surface area contributed by atoms with E-state index in [1.807, 2.05) is 5.92 Å². The van der Waals surface area contributed by atoms with Crippen molar-refractivity contribution in [3.05, 3.63) is 36.3 Å². The van der Waals surface area contributed by atoms with Gasteiger partial charge >= 0.3 is 0 Å². The lowest BCUT2D eigenvalue weighted by molar-refractivity contribution is -0.240. The van der Waals surface area contributed by atoms with Gasteiger partial charge in [0.25, 0.3) is 5.91 Å². The van der Waals surface area contributed by atoms with Gasteiger partial charge in [-0.1, -0.05) is 17.3 Å². The molecule has 1 saturated heterocycles. The number of amides is 1. The zero-order valence-electron chi connectivity index (χ0n) is 14.9. The van der Waals surface area contributed by atoms with Crippen LogP contribution in [0.25, 0.3) is 11.3 Å². The second-order valence-electron chi connectivity index (χ2n) is 6.37. The van der Waals surface area contributed by atoms with Gasteiger partial charge in [0, 0.05) is 12.6 Å². The van der Waals surface area contributed by atoms with E-state index in [-0.39, 0.29) is 0 Å². The quantitative estimate of drug-likeness (QED) is 0.582. The van der Waals surface area contributed by atoms with Gasteiger partial charge in [-0.05, 0) is 18.1 Å². The van der Waals surface area contributed by atoms with E-state index < -0.39 is 48.9 Å². The van der Waals surface area contributed by atoms with E-state index in [2.05, 4.69) is 10.3 Å². The average molecular weight is 390 g/mol. The van der Waals surface area contributed by atoms with E-state index in [1.165, 1.54) is 36.1 Å². The molecule has 3 N–H and O–H groups in total. The number of aliphatic hydroxyl groups excluding tert-OH is 3. The van der Waals surface area contributed by atoms with Crippen molar-refractivity contribution in [3.8, 4) is 23.6 Å². The van der Waals surface area contributed by atoms with Gasteiger partial charge < -0.3 is 25.0 Å². The van der Waals surface area contributed by atoms with Crippen LogP contribution in [0, 0.1) is 18.2 Å². The number of hydrogen-bond donors (Lipinski definition) is 3. The summed E-state index contributed by atoms with van der Waals surface area (Å²) in [7, 11) is 1.33. The lowest BCUT2D eigenvalue weighted by atomic mass is 9.95. The monoisotopic (exact) mass is 390 g/mol. The summed E-state index contributed by atoms with van der Waals surface area (Å²) in [5.74, 6) is 0.721. The van der Waals surface area contributed by atoms with Gasteiger partial charge in [-0.15, -0.1) is 11.5 Å². The summed E-state index contributed by atoms with van der Waals surface area (Å²) in [4.78, 5) is 12.8. The molecular weight excluding hydrogens is 371 g/mol. The Morgan fingerprint density at radius 1 is 1.43 bits per heavy atom. The molecule has 9 nitrogen and oxygen atoms in total. The number of aliphatic hydroxyl groups is 3. The Morgan fingerprint density at radius 3 is 2.82 bits per heavy atom. The highest BCUT2D eigenvalue weighted by molar-refractivity contribution is 5.92. The molecular formula is C18H19FN4O5. The maximum absolute atomic E-state index is 13.5. The first-order valence-corrected chi connectivity index (χ1v) is 8.41. The molecule has 28 heavy (non-hydrogen) atoms. The topological polar surface area (TPSA) is 121 Å². The fourth-order valence-electron chi connectivity index (χ4n) is 3.13. The fourth-order valence-corrected chi connectivity index (χ4v) is 3.13. The fraction of sp³-hybridized carbons (Fsp3) is 0.389. The number of carbonyl (C=O) groups excluding carboxylic acids is 1. The molecule has 10 heteroatoms. The molecule has 2 heterocycles. The number of ether oxygens (including phenoxy) is 1. The minimum absolute atomic E-state index is 0.315. The molecule has 2 aromatic rings. The Hall–Kier alpha value is -2.84. The molecule has 0 radical (unpaired) electrons. The van der Waals surface area contributed by atoms with E-state index >= 15 is 0 Å². The van der Waals surface area contributed by atoms with Gasteiger partial charge in [0.15, 0.2) is 6.23 Å². The van der Waals surface area contributed by atoms with Gasteiger partial charge in [0.2, 0.25) is 0 Å². The Bertz CT molecular complexity index is 898. The molecule has 1 aliphatic rings. The summed E-state index contributed by atoms with van der Waals surface area (Å²) in [6.45, 7) is -0.565. The molecule has 0 spiro atoms. The first-order chi connectivity index (χ1) is 13.4. The molecule has 1 amide bonds. The highest BCUT2D eigenvalue weighted by Crippen LogP contribution is 2.32. The van der Waals surface area contributed by atoms with Crippen LogP contribution in [-0.4, -0.2) is 79.3 Å². The molecule has 1 aromatic heterocycles. The summed E-state index contributed by atoms with van der Waals surface area (Å²) in [5.41, 5.74) is 0.771. The minimum atomic E-state index is -1.43. The van der Waals surface area contributed by atoms with E-state index in [0.717, 1.165) is 4.90 Å². The van der Waals surface area contributed by atoms with Crippen LogP contribution >= 0.6 is 0 Å². The summed E-state index contributed by atoms with van der Waals surface area (Å²) >= 11 is 0. The second-order valence-corrected chi connectivity index (χ2v) is 6.37. The highest BCUT2D eigenvalue weighted by Gasteiger charge is 2.48. The number of halogens is 1. The van der Waals surface area contributed by atoms with Crippen LogP contribution < -0.4 is 0 Å². The molecule has 0 saturated carbocycles. The summed E-state index contributed by atoms with van der Waals surface area (Å²) in [5, 5.41) is 38.7. The van der Waals surface area contributed by atoms with Crippen LogP contribution in [0.1, 0.15) is 6.04 Å². The first-order valence-electron chi connectivity index (χ1n) is 8.41. The maximum Gasteiger partial charge on any atom is 0.300 e. The van der Waals surface area contributed by atoms with Gasteiger partial charge in [-0.25, -0.2) is 9.07 Å². The number of likely N-dealkylation sites (N-methyl/N-ethyl adjacent to an activating group) is 1. The predicted octanol–water partition coefficient (Wildman–Crippen LogP) is -0.844. The number of hydrogen-bond acceptors (Lipinski definition) is 7. The number of carbonyl (C=O) groups is 1. The van der Waals surface area contributed by atoms with Gasteiger partial charge in [-0.2, -0.15) is 0 Å². The van der Waals surface area contributed by atoms with Crippen molar-refractivity contribution in [1.82, 2.24) is 19.9 Å². The standard InChI is InChI=1S/C18H19FN4O5/c1-3-14(25)22(2)18-17(27)15(16(26)13(9-24)28-18)23-8-12(20-21-23)10-5-4-6-11(19)7-10/h1,4-8,13,15-18,24,26-27H,9H2,2H3/t13?,15?,16-,17?,18+/m0/s1. The lowest BCUT2D eigenvalue weighted by Gasteiger charge is -2.44. The smallest absolute Gasteiger partial charge is 0.300 e. The van der Waals surface area contributed by atoms with Crippen molar-refractivity contribution < 1.29 is 29.2 Å². The van der Waals surface area contributed by atoms with E-state index in [1.54, 1.807) is 6.07 Å². The third kappa shape index (κ3) is 3.61. The second kappa shape index (κ2) is 8.04. The van der Waals surface area contributed by atoms with E-state index in [9.17, 15) is 24.5 Å². The highest BCUT2D eigenvalue weighted by atomic mass is 19.1. The van der Waals surface area contributed by atoms with E-state index in [0.29, 0.717) is 11.3 Å². The Kier molecular flexibility index (Phi) is 5.71. The van der Waals surface area contributed by atoms with Crippen molar-refractivity contribution >= 4 is 5.91 Å². The first kappa shape index (κ1) is 19.9. The number of nitrogens with zero attached hydrogens (tertiary/aromatic N) is 4. The zero-order chi connectivity index (χ0) is 20.4. The third-order valence-corrected chi connectivity index (χ3v) is 4.63. The molecule has 1 aliphatic heterocycles. The van der Waals surface area contributed by atoms with Crippen LogP contribution in [0.3, 0.4) is 0 Å². The molecule has 0 bridgehead atoms. The van der Waals surface area contributed by atoms with Crippen molar-refractivity contribution in [2.45, 2.75) is 30.6 Å². The molecule has 3 rings (SSSR count). The number of aromatic nitrogens is 3. The number of benzene rings is 1. The predicted molar refractivity (Wildman–Crippen MR) is 93.8 cm³/mol. The summed E-state index contributed by atoms with van der Waals surface area (Å²) < 4.78 is 20.1. The van der Waals surface area contributed by atoms with Gasteiger partial charge in [0.05, 0.1) is 12.8 Å². The molecule has 1 aromatic carbocycles. The summed E-state index contributed by atoms with van der Waals surface area (Å²) in [6.07, 6.45) is 1.42. The minimum Gasteiger partial charge on any atom is -0.394 e. The van der Waals surface area contributed by atoms with Gasteiger partial charge in [0.1, 0.15) is 35.9 Å². The molecule has 148 valence electrons. The van der Waals surface area contributed by atoms with E-state index in [4.69, 9.17) is 11.2 Å². The Balaban J connectivity index is 1.94. The van der Waals surface area contributed by atoms with Crippen LogP contribution in [0.5, 0.6) is 0 Å².